The molecule has 0 aliphatic heterocycles. The van der Waals surface area contributed by atoms with Gasteiger partial charge in [0.1, 0.15) is 6.61 Å². The van der Waals surface area contributed by atoms with Crippen molar-refractivity contribution in [2.75, 3.05) is 117 Å². The predicted molar refractivity (Wildman–Crippen MR) is 142 cm³/mol. The van der Waals surface area contributed by atoms with Crippen LogP contribution in [0.15, 0.2) is 30.3 Å². The molecule has 0 radical (unpaired) electrons. The molecular weight excluding hydrogens is 587 g/mol. The number of hydrogen-bond donors (Lipinski definition) is 0. The molecule has 0 aliphatic carbocycles. The lowest BCUT2D eigenvalue weighted by Gasteiger charge is -2.09. The van der Waals surface area contributed by atoms with E-state index in [9.17, 15) is 4.79 Å². The first-order valence-corrected chi connectivity index (χ1v) is 13.8. The molecule has 0 spiro atoms. The molecule has 1 aromatic rings. The van der Waals surface area contributed by atoms with Gasteiger partial charge in [-0.3, -0.25) is 0 Å². The highest BCUT2D eigenvalue weighted by molar-refractivity contribution is 14.1. The number of halogens is 1. The molecule has 10 nitrogen and oxygen atoms in total. The summed E-state index contributed by atoms with van der Waals surface area (Å²) in [5, 5.41) is 0. The van der Waals surface area contributed by atoms with Crippen LogP contribution in [0.1, 0.15) is 10.4 Å². The average molecular weight is 628 g/mol. The van der Waals surface area contributed by atoms with Gasteiger partial charge in [-0.1, -0.05) is 40.8 Å². The van der Waals surface area contributed by atoms with Crippen LogP contribution < -0.4 is 0 Å². The first kappa shape index (κ1) is 33.1. The number of alkyl halides is 1. The number of carbonyl (C=O) groups excluding carboxylic acids is 1. The Morgan fingerprint density at radius 2 is 0.778 bits per heavy atom. The largest absolute Gasteiger partial charge is 0.460 e. The summed E-state index contributed by atoms with van der Waals surface area (Å²) >= 11 is 2.27. The molecule has 0 atom stereocenters. The molecule has 0 saturated carbocycles. The SMILES string of the molecule is O=C(OCCOCCOCCOCCOCCOCCOCCOCCOCCI)c1ccccc1. The summed E-state index contributed by atoms with van der Waals surface area (Å²) < 4.78 is 49.3. The zero-order valence-corrected chi connectivity index (χ0v) is 23.2. The highest BCUT2D eigenvalue weighted by Crippen LogP contribution is 2.00. The summed E-state index contributed by atoms with van der Waals surface area (Å²) in [5.41, 5.74) is 0.530. The first-order chi connectivity index (χ1) is 17.8. The smallest absolute Gasteiger partial charge is 0.338 e. The topological polar surface area (TPSA) is 100 Å². The first-order valence-electron chi connectivity index (χ1n) is 12.2. The molecule has 0 amide bonds. The third-order valence-corrected chi connectivity index (χ3v) is 4.74. The predicted octanol–water partition coefficient (Wildman–Crippen LogP) is 2.41. The lowest BCUT2D eigenvalue weighted by molar-refractivity contribution is -0.0241. The molecule has 0 aromatic heterocycles. The van der Waals surface area contributed by atoms with Gasteiger partial charge in [0.05, 0.1) is 111 Å². The van der Waals surface area contributed by atoms with E-state index in [1.807, 2.05) is 6.07 Å². The number of hydrogen-bond acceptors (Lipinski definition) is 10. The number of ether oxygens (including phenoxy) is 9. The van der Waals surface area contributed by atoms with Crippen molar-refractivity contribution in [1.82, 2.24) is 0 Å². The van der Waals surface area contributed by atoms with Gasteiger partial charge in [0.25, 0.3) is 0 Å². The molecule has 0 aliphatic rings. The van der Waals surface area contributed by atoms with Gasteiger partial charge in [0, 0.05) is 4.43 Å². The Labute approximate surface area is 228 Å². The number of esters is 1. The lowest BCUT2D eigenvalue weighted by Crippen LogP contribution is -2.15. The normalized spacial score (nSPS) is 11.1. The third-order valence-electron chi connectivity index (χ3n) is 4.30. The van der Waals surface area contributed by atoms with Crippen molar-refractivity contribution in [3.63, 3.8) is 0 Å². The van der Waals surface area contributed by atoms with E-state index in [0.29, 0.717) is 105 Å². The van der Waals surface area contributed by atoms with Gasteiger partial charge in [-0.15, -0.1) is 0 Å². The van der Waals surface area contributed by atoms with Gasteiger partial charge in [-0.25, -0.2) is 4.79 Å². The van der Waals surface area contributed by atoms with E-state index in [-0.39, 0.29) is 12.6 Å². The fraction of sp³-hybridized carbons (Fsp3) is 0.720. The quantitative estimate of drug-likeness (QED) is 0.0626. The Balaban J connectivity index is 1.67. The Morgan fingerprint density at radius 3 is 1.11 bits per heavy atom. The van der Waals surface area contributed by atoms with Crippen molar-refractivity contribution in [2.24, 2.45) is 0 Å². The zero-order valence-electron chi connectivity index (χ0n) is 21.1. The minimum atomic E-state index is -0.351. The minimum absolute atomic E-state index is 0.209. The Morgan fingerprint density at radius 1 is 0.472 bits per heavy atom. The van der Waals surface area contributed by atoms with Gasteiger partial charge in [0.2, 0.25) is 0 Å². The fourth-order valence-electron chi connectivity index (χ4n) is 2.55. The van der Waals surface area contributed by atoms with Crippen molar-refractivity contribution in [3.05, 3.63) is 35.9 Å². The molecular formula is C25H41IO10. The van der Waals surface area contributed by atoms with Gasteiger partial charge < -0.3 is 42.6 Å². The molecule has 0 bridgehead atoms. The summed E-state index contributed by atoms with van der Waals surface area (Å²) in [6.45, 7) is 8.57. The second kappa shape index (κ2) is 27.1. The lowest BCUT2D eigenvalue weighted by atomic mass is 10.2. The van der Waals surface area contributed by atoms with Crippen molar-refractivity contribution >= 4 is 28.6 Å². The zero-order chi connectivity index (χ0) is 25.8. The molecule has 1 rings (SSSR count). The van der Waals surface area contributed by atoms with Crippen molar-refractivity contribution < 1.29 is 47.4 Å². The molecule has 0 unspecified atom stereocenters. The molecule has 0 N–H and O–H groups in total. The second-order valence-corrected chi connectivity index (χ2v) is 8.17. The van der Waals surface area contributed by atoms with Crippen LogP contribution in [0.3, 0.4) is 0 Å². The maximum Gasteiger partial charge on any atom is 0.338 e. The number of rotatable bonds is 27. The van der Waals surface area contributed by atoms with E-state index in [4.69, 9.17) is 42.6 Å². The standard InChI is InChI=1S/C25H41IO10/c26-6-7-28-8-9-29-10-11-30-12-13-31-14-15-32-16-17-33-18-19-34-20-21-35-22-23-36-25(27)24-4-2-1-3-5-24/h1-5H,6-23H2. The van der Waals surface area contributed by atoms with Crippen LogP contribution in [0.2, 0.25) is 0 Å². The minimum Gasteiger partial charge on any atom is -0.460 e. The molecule has 0 fully saturated rings. The number of carbonyl (C=O) groups is 1. The highest BCUT2D eigenvalue weighted by atomic mass is 127. The van der Waals surface area contributed by atoms with Gasteiger partial charge in [-0.05, 0) is 12.1 Å². The van der Waals surface area contributed by atoms with Crippen LogP contribution in [0.4, 0.5) is 0 Å². The van der Waals surface area contributed by atoms with E-state index in [0.717, 1.165) is 11.0 Å². The molecule has 36 heavy (non-hydrogen) atoms. The summed E-state index contributed by atoms with van der Waals surface area (Å²) in [7, 11) is 0. The van der Waals surface area contributed by atoms with Gasteiger partial charge in [0.15, 0.2) is 0 Å². The Kier molecular flexibility index (Phi) is 25.0. The maximum absolute atomic E-state index is 11.7. The molecule has 0 heterocycles. The fourth-order valence-corrected chi connectivity index (χ4v) is 2.86. The van der Waals surface area contributed by atoms with Crippen LogP contribution in [0.25, 0.3) is 0 Å². The van der Waals surface area contributed by atoms with E-state index in [2.05, 4.69) is 22.6 Å². The van der Waals surface area contributed by atoms with E-state index in [1.54, 1.807) is 24.3 Å². The molecule has 11 heteroatoms. The van der Waals surface area contributed by atoms with E-state index >= 15 is 0 Å². The molecule has 1 aromatic carbocycles. The van der Waals surface area contributed by atoms with Crippen LogP contribution in [0.5, 0.6) is 0 Å². The van der Waals surface area contributed by atoms with Crippen molar-refractivity contribution in [3.8, 4) is 0 Å². The second-order valence-electron chi connectivity index (χ2n) is 7.09. The summed E-state index contributed by atoms with van der Waals surface area (Å²) in [6.07, 6.45) is 0. The van der Waals surface area contributed by atoms with Crippen LogP contribution in [0, 0.1) is 0 Å². The Hall–Kier alpha value is -0.900. The third kappa shape index (κ3) is 22.3. The number of benzene rings is 1. The van der Waals surface area contributed by atoms with Crippen molar-refractivity contribution in [1.29, 1.82) is 0 Å². The molecule has 208 valence electrons. The summed E-state index contributed by atoms with van der Waals surface area (Å²) in [5.74, 6) is -0.351. The maximum atomic E-state index is 11.7. The van der Waals surface area contributed by atoms with Crippen LogP contribution >= 0.6 is 22.6 Å². The highest BCUT2D eigenvalue weighted by Gasteiger charge is 2.05. The average Bonchev–Trinajstić information content (AvgIpc) is 2.91. The van der Waals surface area contributed by atoms with E-state index < -0.39 is 0 Å². The van der Waals surface area contributed by atoms with Crippen LogP contribution in [-0.4, -0.2) is 123 Å². The van der Waals surface area contributed by atoms with Gasteiger partial charge in [-0.2, -0.15) is 0 Å². The van der Waals surface area contributed by atoms with E-state index in [1.165, 1.54) is 0 Å². The monoisotopic (exact) mass is 628 g/mol. The van der Waals surface area contributed by atoms with Gasteiger partial charge >= 0.3 is 5.97 Å². The molecule has 0 saturated heterocycles. The van der Waals surface area contributed by atoms with Crippen molar-refractivity contribution in [2.45, 2.75) is 0 Å². The summed E-state index contributed by atoms with van der Waals surface area (Å²) in [4.78, 5) is 11.7. The summed E-state index contributed by atoms with van der Waals surface area (Å²) in [6, 6.07) is 8.86. The Bertz CT molecular complexity index is 593. The van der Waals surface area contributed by atoms with Crippen LogP contribution in [-0.2, 0) is 42.6 Å².